The summed E-state index contributed by atoms with van der Waals surface area (Å²) in [5.74, 6) is -0.893. The first-order valence-corrected chi connectivity index (χ1v) is 8.63. The minimum Gasteiger partial charge on any atom is -0.478 e. The third-order valence-corrected chi connectivity index (χ3v) is 3.89. The summed E-state index contributed by atoms with van der Waals surface area (Å²) in [7, 11) is 0. The van der Waals surface area contributed by atoms with Gasteiger partial charge in [-0.3, -0.25) is 0 Å². The SMILES string of the molecule is CCCCC(C=Cc1ccccc1)=C(C=Cc1ccccc1)C(=O)O. The van der Waals surface area contributed by atoms with Gasteiger partial charge in [-0.2, -0.15) is 0 Å². The number of carboxylic acid groups (broad SMARTS) is 1. The van der Waals surface area contributed by atoms with Gasteiger partial charge in [0.15, 0.2) is 0 Å². The average molecular weight is 332 g/mol. The van der Waals surface area contributed by atoms with E-state index < -0.39 is 5.97 Å². The van der Waals surface area contributed by atoms with E-state index in [2.05, 4.69) is 6.92 Å². The monoisotopic (exact) mass is 332 g/mol. The van der Waals surface area contributed by atoms with Crippen LogP contribution in [0.5, 0.6) is 0 Å². The molecule has 1 N–H and O–H groups in total. The van der Waals surface area contributed by atoms with E-state index in [1.165, 1.54) is 0 Å². The van der Waals surface area contributed by atoms with Gasteiger partial charge in [0.1, 0.15) is 0 Å². The second-order valence-electron chi connectivity index (χ2n) is 5.84. The van der Waals surface area contributed by atoms with E-state index in [4.69, 9.17) is 0 Å². The third kappa shape index (κ3) is 6.27. The molecule has 0 aliphatic rings. The maximum Gasteiger partial charge on any atom is 0.335 e. The smallest absolute Gasteiger partial charge is 0.335 e. The van der Waals surface area contributed by atoms with Crippen LogP contribution >= 0.6 is 0 Å². The van der Waals surface area contributed by atoms with Crippen LogP contribution in [0.4, 0.5) is 0 Å². The molecule has 0 aliphatic carbocycles. The standard InChI is InChI=1S/C23H24O2/c1-2-3-14-21(17-15-19-10-6-4-7-11-19)22(23(24)25)18-16-20-12-8-5-9-13-20/h4-13,15-18H,2-3,14H2,1H3,(H,24,25). The first kappa shape index (κ1) is 18.5. The molecule has 0 bridgehead atoms. The van der Waals surface area contributed by atoms with Crippen molar-refractivity contribution in [1.29, 1.82) is 0 Å². The Hall–Kier alpha value is -2.87. The van der Waals surface area contributed by atoms with Crippen molar-refractivity contribution in [1.82, 2.24) is 0 Å². The molecule has 2 nitrogen and oxygen atoms in total. The van der Waals surface area contributed by atoms with E-state index >= 15 is 0 Å². The Bertz CT molecular complexity index is 753. The van der Waals surface area contributed by atoms with E-state index in [0.29, 0.717) is 5.57 Å². The van der Waals surface area contributed by atoms with Crippen molar-refractivity contribution in [3.05, 3.63) is 95.1 Å². The number of rotatable bonds is 8. The van der Waals surface area contributed by atoms with Gasteiger partial charge in [0, 0.05) is 0 Å². The predicted octanol–water partition coefficient (Wildman–Crippen LogP) is 5.98. The van der Waals surface area contributed by atoms with Crippen LogP contribution in [-0.2, 0) is 4.79 Å². The average Bonchev–Trinajstić information content (AvgIpc) is 2.65. The molecule has 2 rings (SSSR count). The highest BCUT2D eigenvalue weighted by atomic mass is 16.4. The van der Waals surface area contributed by atoms with Gasteiger partial charge in [-0.1, -0.05) is 92.2 Å². The van der Waals surface area contributed by atoms with Gasteiger partial charge in [0.05, 0.1) is 5.57 Å². The molecular formula is C23H24O2. The number of benzene rings is 2. The molecule has 0 aliphatic heterocycles. The molecule has 0 spiro atoms. The van der Waals surface area contributed by atoms with E-state index in [-0.39, 0.29) is 0 Å². The van der Waals surface area contributed by atoms with Gasteiger partial charge in [-0.15, -0.1) is 0 Å². The lowest BCUT2D eigenvalue weighted by Crippen LogP contribution is -2.02. The maximum absolute atomic E-state index is 11.8. The summed E-state index contributed by atoms with van der Waals surface area (Å²) in [5.41, 5.74) is 3.26. The van der Waals surface area contributed by atoms with Crippen LogP contribution in [0.2, 0.25) is 0 Å². The molecule has 25 heavy (non-hydrogen) atoms. The van der Waals surface area contributed by atoms with Crippen LogP contribution in [-0.4, -0.2) is 11.1 Å². The summed E-state index contributed by atoms with van der Waals surface area (Å²) in [5, 5.41) is 9.68. The van der Waals surface area contributed by atoms with Crippen LogP contribution in [0.25, 0.3) is 12.2 Å². The third-order valence-electron chi connectivity index (χ3n) is 3.89. The molecule has 0 saturated carbocycles. The van der Waals surface area contributed by atoms with Crippen molar-refractivity contribution >= 4 is 18.1 Å². The normalized spacial score (nSPS) is 12.5. The highest BCUT2D eigenvalue weighted by molar-refractivity contribution is 5.93. The molecule has 0 saturated heterocycles. The van der Waals surface area contributed by atoms with Crippen molar-refractivity contribution < 1.29 is 9.90 Å². The Balaban J connectivity index is 2.34. The van der Waals surface area contributed by atoms with Crippen LogP contribution in [0.3, 0.4) is 0 Å². The molecule has 2 aromatic rings. The Labute approximate surface area is 149 Å². The lowest BCUT2D eigenvalue weighted by atomic mass is 9.99. The second-order valence-corrected chi connectivity index (χ2v) is 5.84. The van der Waals surface area contributed by atoms with Crippen LogP contribution in [0, 0.1) is 0 Å². The zero-order valence-corrected chi connectivity index (χ0v) is 14.6. The Morgan fingerprint density at radius 3 is 1.88 bits per heavy atom. The number of unbranched alkanes of at least 4 members (excludes halogenated alkanes) is 1. The van der Waals surface area contributed by atoms with Gasteiger partial charge in [-0.25, -0.2) is 4.79 Å². The number of allylic oxidation sites excluding steroid dienone is 2. The van der Waals surface area contributed by atoms with E-state index in [1.54, 1.807) is 6.08 Å². The van der Waals surface area contributed by atoms with E-state index in [0.717, 1.165) is 36.0 Å². The molecule has 0 amide bonds. The molecule has 0 unspecified atom stereocenters. The number of carbonyl (C=O) groups is 1. The zero-order chi connectivity index (χ0) is 17.9. The Morgan fingerprint density at radius 2 is 1.40 bits per heavy atom. The summed E-state index contributed by atoms with van der Waals surface area (Å²) in [6, 6.07) is 19.7. The van der Waals surface area contributed by atoms with Crippen molar-refractivity contribution in [2.75, 3.05) is 0 Å². The summed E-state index contributed by atoms with van der Waals surface area (Å²) in [6.45, 7) is 2.11. The molecule has 2 aromatic carbocycles. The topological polar surface area (TPSA) is 37.3 Å². The highest BCUT2D eigenvalue weighted by Gasteiger charge is 2.09. The summed E-state index contributed by atoms with van der Waals surface area (Å²) < 4.78 is 0. The fourth-order valence-corrected chi connectivity index (χ4v) is 2.50. The van der Waals surface area contributed by atoms with Crippen molar-refractivity contribution in [2.24, 2.45) is 0 Å². The minimum absolute atomic E-state index is 0.351. The number of hydrogen-bond acceptors (Lipinski definition) is 1. The fraction of sp³-hybridized carbons (Fsp3) is 0.174. The summed E-state index contributed by atoms with van der Waals surface area (Å²) in [4.78, 5) is 11.8. The van der Waals surface area contributed by atoms with Crippen molar-refractivity contribution in [2.45, 2.75) is 26.2 Å². The highest BCUT2D eigenvalue weighted by Crippen LogP contribution is 2.19. The van der Waals surface area contributed by atoms with Crippen LogP contribution in [0.1, 0.15) is 37.3 Å². The lowest BCUT2D eigenvalue weighted by molar-refractivity contribution is -0.132. The molecule has 128 valence electrons. The molecular weight excluding hydrogens is 308 g/mol. The molecule has 0 fully saturated rings. The lowest BCUT2D eigenvalue weighted by Gasteiger charge is -2.06. The first-order chi connectivity index (χ1) is 12.2. The Kier molecular flexibility index (Phi) is 7.45. The first-order valence-electron chi connectivity index (χ1n) is 8.63. The number of carboxylic acids is 1. The Morgan fingerprint density at radius 1 is 0.880 bits per heavy atom. The second kappa shape index (κ2) is 10.1. The number of aliphatic carboxylic acids is 1. The van der Waals surface area contributed by atoms with Crippen LogP contribution in [0.15, 0.2) is 84.0 Å². The summed E-state index contributed by atoms with van der Waals surface area (Å²) in [6.07, 6.45) is 10.2. The zero-order valence-electron chi connectivity index (χ0n) is 14.6. The van der Waals surface area contributed by atoms with Gasteiger partial charge < -0.3 is 5.11 Å². The van der Waals surface area contributed by atoms with Crippen LogP contribution < -0.4 is 0 Å². The maximum atomic E-state index is 11.8. The van der Waals surface area contributed by atoms with Gasteiger partial charge in [0.25, 0.3) is 0 Å². The molecule has 0 heterocycles. The fourth-order valence-electron chi connectivity index (χ4n) is 2.50. The minimum atomic E-state index is -0.893. The molecule has 0 radical (unpaired) electrons. The summed E-state index contributed by atoms with van der Waals surface area (Å²) >= 11 is 0. The van der Waals surface area contributed by atoms with E-state index in [1.807, 2.05) is 78.9 Å². The largest absolute Gasteiger partial charge is 0.478 e. The number of hydrogen-bond donors (Lipinski definition) is 1. The quantitative estimate of drug-likeness (QED) is 0.476. The van der Waals surface area contributed by atoms with Gasteiger partial charge >= 0.3 is 5.97 Å². The molecule has 0 atom stereocenters. The molecule has 0 aromatic heterocycles. The molecule has 2 heteroatoms. The van der Waals surface area contributed by atoms with Gasteiger partial charge in [-0.05, 0) is 35.6 Å². The predicted molar refractivity (Wildman–Crippen MR) is 105 cm³/mol. The van der Waals surface area contributed by atoms with Gasteiger partial charge in [0.2, 0.25) is 0 Å². The van der Waals surface area contributed by atoms with Crippen molar-refractivity contribution in [3.63, 3.8) is 0 Å². The van der Waals surface area contributed by atoms with E-state index in [9.17, 15) is 9.90 Å². The van der Waals surface area contributed by atoms with Crippen molar-refractivity contribution in [3.8, 4) is 0 Å².